The van der Waals surface area contributed by atoms with Crippen molar-refractivity contribution in [1.82, 2.24) is 0 Å². The van der Waals surface area contributed by atoms with Crippen molar-refractivity contribution >= 4 is 49.6 Å². The van der Waals surface area contributed by atoms with Crippen molar-refractivity contribution < 1.29 is 29.3 Å². The molecule has 3 N–H and O–H groups in total. The van der Waals surface area contributed by atoms with Crippen LogP contribution in [0.1, 0.15) is 30.1 Å². The number of nitriles is 1. The number of nitrogens with one attached hydrogen (secondary N) is 1. The summed E-state index contributed by atoms with van der Waals surface area (Å²) >= 11 is 6.72. The van der Waals surface area contributed by atoms with Crippen LogP contribution >= 0.6 is 31.9 Å². The van der Waals surface area contributed by atoms with E-state index in [1.54, 1.807) is 60.7 Å². The summed E-state index contributed by atoms with van der Waals surface area (Å²) in [6.45, 7) is 0. The summed E-state index contributed by atoms with van der Waals surface area (Å²) in [5.41, 5.74) is 1.12. The van der Waals surface area contributed by atoms with Gasteiger partial charge in [-0.15, -0.1) is 0 Å². The van der Waals surface area contributed by atoms with Crippen molar-refractivity contribution in [3.8, 4) is 17.6 Å². The highest BCUT2D eigenvalue weighted by atomic mass is 79.9. The minimum Gasteiger partial charge on any atom is -0.506 e. The highest BCUT2D eigenvalue weighted by Gasteiger charge is 2.32. The summed E-state index contributed by atoms with van der Waals surface area (Å²) in [7, 11) is 0. The molecule has 0 aromatic heterocycles. The van der Waals surface area contributed by atoms with Gasteiger partial charge in [-0.2, -0.15) is 5.26 Å². The molecule has 1 amide bonds. The predicted molar refractivity (Wildman–Crippen MR) is 144 cm³/mol. The largest absolute Gasteiger partial charge is 0.506 e. The molecule has 8 nitrogen and oxygen atoms in total. The van der Waals surface area contributed by atoms with Gasteiger partial charge in [-0.05, 0) is 77.3 Å². The molecule has 0 fully saturated rings. The van der Waals surface area contributed by atoms with Gasteiger partial charge in [0.25, 0.3) is 0 Å². The number of carbonyl (C=O) groups is 2. The lowest BCUT2D eigenvalue weighted by Gasteiger charge is -2.29. The number of carbonyl (C=O) groups excluding carboxylic acids is 1. The van der Waals surface area contributed by atoms with Crippen LogP contribution in [0.2, 0.25) is 0 Å². The molecule has 2 atom stereocenters. The Morgan fingerprint density at radius 2 is 1.78 bits per heavy atom. The Balaban J connectivity index is 1.96. The van der Waals surface area contributed by atoms with Crippen LogP contribution in [0.15, 0.2) is 87.8 Å². The second-order valence-corrected chi connectivity index (χ2v) is 9.52. The lowest BCUT2D eigenvalue weighted by Crippen LogP contribution is -2.31. The van der Waals surface area contributed by atoms with Crippen molar-refractivity contribution in [2.24, 2.45) is 0 Å². The molecule has 3 aromatic rings. The van der Waals surface area contributed by atoms with Gasteiger partial charge < -0.3 is 19.7 Å². The van der Waals surface area contributed by atoms with Crippen LogP contribution in [0.25, 0.3) is 0 Å². The van der Waals surface area contributed by atoms with Crippen LogP contribution in [-0.4, -0.2) is 28.4 Å². The van der Waals surface area contributed by atoms with Crippen molar-refractivity contribution in [3.63, 3.8) is 0 Å². The summed E-state index contributed by atoms with van der Waals surface area (Å²) in [6, 6.07) is 20.4. The number of phenolic OH excluding ortho intramolecular Hbond substituents is 1. The highest BCUT2D eigenvalue weighted by molar-refractivity contribution is 9.11. The van der Waals surface area contributed by atoms with Crippen LogP contribution in [0.3, 0.4) is 0 Å². The van der Waals surface area contributed by atoms with E-state index >= 15 is 0 Å². The normalized spacial score (nSPS) is 12.4. The van der Waals surface area contributed by atoms with Gasteiger partial charge in [0.1, 0.15) is 17.6 Å². The van der Waals surface area contributed by atoms with Crippen LogP contribution in [0.4, 0.5) is 10.5 Å². The molecular formula is C27H22Br2N2O6. The number of carboxylic acids is 1. The Morgan fingerprint density at radius 3 is 2.43 bits per heavy atom. The first-order chi connectivity index (χ1) is 17.8. The first-order valence-corrected chi connectivity index (χ1v) is 12.6. The Hall–Kier alpha value is -3.81. The average molecular weight is 630 g/mol. The molecule has 0 aliphatic heterocycles. The minimum absolute atomic E-state index is 0.137. The molecule has 0 radical (unpaired) electrons. The van der Waals surface area contributed by atoms with E-state index in [1.165, 1.54) is 6.08 Å². The molecular weight excluding hydrogens is 608 g/mol. The van der Waals surface area contributed by atoms with E-state index < -0.39 is 24.3 Å². The predicted octanol–water partition coefficient (Wildman–Crippen LogP) is 6.95. The first-order valence-electron chi connectivity index (χ1n) is 11.0. The number of amides is 1. The lowest BCUT2D eigenvalue weighted by molar-refractivity contribution is -0.131. The monoisotopic (exact) mass is 628 g/mol. The van der Waals surface area contributed by atoms with Crippen LogP contribution in [0.5, 0.6) is 11.5 Å². The maximum absolute atomic E-state index is 13.0. The molecule has 0 unspecified atom stereocenters. The molecule has 3 rings (SSSR count). The summed E-state index contributed by atoms with van der Waals surface area (Å²) in [5, 5.41) is 31.4. The maximum Gasteiger partial charge on any atom is 0.412 e. The smallest absolute Gasteiger partial charge is 0.412 e. The number of hydrogen-bond acceptors (Lipinski definition) is 6. The quantitative estimate of drug-likeness (QED) is 0.207. The van der Waals surface area contributed by atoms with Gasteiger partial charge >= 0.3 is 12.1 Å². The number of halogens is 2. The number of rotatable bonds is 10. The third kappa shape index (κ3) is 8.37. The Labute approximate surface area is 230 Å². The fourth-order valence-corrected chi connectivity index (χ4v) is 4.68. The van der Waals surface area contributed by atoms with Gasteiger partial charge in [0.05, 0.1) is 16.1 Å². The van der Waals surface area contributed by atoms with Crippen LogP contribution in [-0.2, 0) is 9.53 Å². The zero-order chi connectivity index (χ0) is 26.8. The fraction of sp³-hybridized carbons (Fsp3) is 0.148. The molecule has 37 heavy (non-hydrogen) atoms. The minimum atomic E-state index is -1.09. The van der Waals surface area contributed by atoms with Gasteiger partial charge in [-0.3, -0.25) is 5.32 Å². The number of anilines is 1. The SMILES string of the molecule is N#Cc1ccc(NC(=O)O[C@@H](c2cc(Br)cc(Br)c2O)[C@H](CC/C=C/C(=O)O)Oc2ccccc2)cc1. The van der Waals surface area contributed by atoms with Crippen LogP contribution < -0.4 is 10.1 Å². The van der Waals surface area contributed by atoms with E-state index in [9.17, 15) is 14.7 Å². The topological polar surface area (TPSA) is 129 Å². The molecule has 190 valence electrons. The maximum atomic E-state index is 13.0. The van der Waals surface area contributed by atoms with Crippen molar-refractivity contribution in [2.75, 3.05) is 5.32 Å². The number of benzene rings is 3. The van der Waals surface area contributed by atoms with E-state index in [0.29, 0.717) is 32.4 Å². The zero-order valence-corrected chi connectivity index (χ0v) is 22.5. The summed E-state index contributed by atoms with van der Waals surface area (Å²) < 4.78 is 13.0. The van der Waals surface area contributed by atoms with Crippen molar-refractivity contribution in [2.45, 2.75) is 25.0 Å². The molecule has 0 spiro atoms. The second-order valence-electron chi connectivity index (χ2n) is 7.75. The zero-order valence-electron chi connectivity index (χ0n) is 19.3. The molecule has 0 aliphatic rings. The number of ether oxygens (including phenoxy) is 2. The lowest BCUT2D eigenvalue weighted by atomic mass is 9.99. The second kappa shape index (κ2) is 13.5. The molecule has 0 saturated carbocycles. The van der Waals surface area contributed by atoms with Gasteiger partial charge in [-0.25, -0.2) is 9.59 Å². The molecule has 3 aromatic carbocycles. The summed E-state index contributed by atoms with van der Waals surface area (Å²) in [5.74, 6) is -0.713. The Morgan fingerprint density at radius 1 is 1.08 bits per heavy atom. The number of aromatic hydroxyl groups is 1. The van der Waals surface area contributed by atoms with E-state index in [4.69, 9.17) is 19.8 Å². The Kier molecular flexibility index (Phi) is 10.1. The number of aliphatic carboxylic acids is 1. The van der Waals surface area contributed by atoms with E-state index in [-0.39, 0.29) is 17.7 Å². The van der Waals surface area contributed by atoms with E-state index in [1.807, 2.05) is 12.1 Å². The molecule has 0 saturated heterocycles. The van der Waals surface area contributed by atoms with Crippen LogP contribution in [0, 0.1) is 11.3 Å². The molecule has 0 aliphatic carbocycles. The van der Waals surface area contributed by atoms with Crippen molar-refractivity contribution in [1.29, 1.82) is 5.26 Å². The molecule has 0 bridgehead atoms. The number of phenols is 1. The van der Waals surface area contributed by atoms with E-state index in [0.717, 1.165) is 6.08 Å². The third-order valence-electron chi connectivity index (χ3n) is 5.11. The van der Waals surface area contributed by atoms with Gasteiger partial charge in [0, 0.05) is 21.8 Å². The third-order valence-corrected chi connectivity index (χ3v) is 6.17. The number of allylic oxidation sites excluding steroid dienone is 1. The molecule has 10 heteroatoms. The average Bonchev–Trinajstić information content (AvgIpc) is 2.87. The standard InChI is InChI=1S/C27H22Br2N2O6/c28-18-14-21(25(34)22(29)15-18)26(37-27(35)31-19-12-10-17(16-30)11-13-19)23(8-4-5-9-24(32)33)36-20-6-2-1-3-7-20/h1-3,5-7,9-15,23,26,34H,4,8H2,(H,31,35)(H,32,33)/b9-5+/t23-,26-/m0/s1. The Bertz CT molecular complexity index is 1310. The number of carboxylic acid groups (broad SMARTS) is 1. The number of nitrogens with zero attached hydrogens (tertiary/aromatic N) is 1. The highest BCUT2D eigenvalue weighted by Crippen LogP contribution is 2.40. The molecule has 0 heterocycles. The fourth-order valence-electron chi connectivity index (χ4n) is 3.42. The van der Waals surface area contributed by atoms with E-state index in [2.05, 4.69) is 37.2 Å². The van der Waals surface area contributed by atoms with Gasteiger partial charge in [0.2, 0.25) is 0 Å². The van der Waals surface area contributed by atoms with Crippen molar-refractivity contribution in [3.05, 3.63) is 99.0 Å². The summed E-state index contributed by atoms with van der Waals surface area (Å²) in [6.07, 6.45) is 0.362. The number of hydrogen-bond donors (Lipinski definition) is 3. The number of para-hydroxylation sites is 1. The summed E-state index contributed by atoms with van der Waals surface area (Å²) in [4.78, 5) is 23.9. The van der Waals surface area contributed by atoms with Gasteiger partial charge in [-0.1, -0.05) is 40.2 Å². The first kappa shape index (κ1) is 27.8. The van der Waals surface area contributed by atoms with Gasteiger partial charge in [0.15, 0.2) is 6.10 Å².